The Morgan fingerprint density at radius 1 is 1.42 bits per heavy atom. The van der Waals surface area contributed by atoms with Crippen molar-refractivity contribution in [3.05, 3.63) is 30.9 Å². The zero-order chi connectivity index (χ0) is 13.7. The van der Waals surface area contributed by atoms with Crippen LogP contribution < -0.4 is 5.32 Å². The van der Waals surface area contributed by atoms with Crippen LogP contribution in [-0.4, -0.2) is 25.7 Å². The smallest absolute Gasteiger partial charge is 0.232 e. The molecule has 19 heavy (non-hydrogen) atoms. The van der Waals surface area contributed by atoms with Gasteiger partial charge in [-0.1, -0.05) is 20.3 Å². The van der Waals surface area contributed by atoms with Gasteiger partial charge < -0.3 is 0 Å². The number of carbonyl (C=O) groups is 1. The number of pyridine rings is 1. The lowest BCUT2D eigenvalue weighted by molar-refractivity contribution is -0.117. The highest BCUT2D eigenvalue weighted by atomic mass is 16.1. The minimum absolute atomic E-state index is 0.0438. The molecule has 1 amide bonds. The first kappa shape index (κ1) is 13.2. The topological polar surface area (TPSA) is 72.7 Å². The Morgan fingerprint density at radius 3 is 2.84 bits per heavy atom. The minimum Gasteiger partial charge on any atom is -0.294 e. The lowest BCUT2D eigenvalue weighted by Crippen LogP contribution is -2.18. The first-order chi connectivity index (χ1) is 9.20. The largest absolute Gasteiger partial charge is 0.294 e. The molecule has 2 aromatic heterocycles. The quantitative estimate of drug-likeness (QED) is 0.891. The number of amides is 1. The Labute approximate surface area is 111 Å². The highest BCUT2D eigenvalue weighted by Crippen LogP contribution is 2.12. The predicted molar refractivity (Wildman–Crippen MR) is 71.9 cm³/mol. The zero-order valence-electron chi connectivity index (χ0n) is 11.1. The molecule has 1 N–H and O–H groups in total. The first-order valence-corrected chi connectivity index (χ1v) is 6.31. The van der Waals surface area contributed by atoms with Crippen molar-refractivity contribution in [3.8, 4) is 5.69 Å². The summed E-state index contributed by atoms with van der Waals surface area (Å²) in [6.45, 7) is 4.12. The molecule has 6 heteroatoms. The molecular formula is C13H17N5O. The monoisotopic (exact) mass is 259 g/mol. The van der Waals surface area contributed by atoms with Crippen LogP contribution in [0, 0.1) is 5.92 Å². The Hall–Kier alpha value is -2.24. The summed E-state index contributed by atoms with van der Waals surface area (Å²) in [5.41, 5.74) is 0.811. The Bertz CT molecular complexity index is 537. The molecule has 0 aliphatic heterocycles. The Morgan fingerprint density at radius 2 is 2.16 bits per heavy atom. The van der Waals surface area contributed by atoms with Gasteiger partial charge in [0.05, 0.1) is 5.69 Å². The van der Waals surface area contributed by atoms with Gasteiger partial charge in [-0.2, -0.15) is 14.8 Å². The number of hydrogen-bond acceptors (Lipinski definition) is 4. The van der Waals surface area contributed by atoms with Crippen LogP contribution in [0.15, 0.2) is 30.9 Å². The maximum Gasteiger partial charge on any atom is 0.232 e. The highest BCUT2D eigenvalue weighted by Gasteiger charge is 2.12. The van der Waals surface area contributed by atoms with E-state index in [1.54, 1.807) is 29.2 Å². The molecule has 2 aromatic rings. The van der Waals surface area contributed by atoms with Crippen molar-refractivity contribution in [1.29, 1.82) is 0 Å². The van der Waals surface area contributed by atoms with Gasteiger partial charge in [-0.3, -0.25) is 15.1 Å². The van der Waals surface area contributed by atoms with Crippen LogP contribution in [-0.2, 0) is 4.79 Å². The van der Waals surface area contributed by atoms with Crippen LogP contribution in [0.25, 0.3) is 5.69 Å². The van der Waals surface area contributed by atoms with Crippen LogP contribution in [0.2, 0.25) is 0 Å². The van der Waals surface area contributed by atoms with E-state index >= 15 is 0 Å². The molecule has 0 saturated carbocycles. The van der Waals surface area contributed by atoms with E-state index in [9.17, 15) is 4.79 Å². The summed E-state index contributed by atoms with van der Waals surface area (Å²) >= 11 is 0. The van der Waals surface area contributed by atoms with Crippen LogP contribution in [0.3, 0.4) is 0 Å². The molecule has 0 saturated heterocycles. The third-order valence-electron chi connectivity index (χ3n) is 2.94. The fraction of sp³-hybridized carbons (Fsp3) is 0.385. The van der Waals surface area contributed by atoms with Crippen molar-refractivity contribution in [2.45, 2.75) is 26.7 Å². The van der Waals surface area contributed by atoms with Gasteiger partial charge >= 0.3 is 0 Å². The van der Waals surface area contributed by atoms with E-state index in [2.05, 4.69) is 27.3 Å². The van der Waals surface area contributed by atoms with E-state index in [-0.39, 0.29) is 5.91 Å². The van der Waals surface area contributed by atoms with E-state index in [0.717, 1.165) is 12.1 Å². The summed E-state index contributed by atoms with van der Waals surface area (Å²) in [5, 5.41) is 6.89. The molecule has 2 rings (SSSR count). The van der Waals surface area contributed by atoms with Gasteiger partial charge in [-0.15, -0.1) is 0 Å². The molecule has 0 aliphatic carbocycles. The van der Waals surface area contributed by atoms with Crippen molar-refractivity contribution in [3.63, 3.8) is 0 Å². The van der Waals surface area contributed by atoms with Crippen molar-refractivity contribution < 1.29 is 4.79 Å². The maximum atomic E-state index is 11.9. The number of carbonyl (C=O) groups excluding carboxylic acids is 1. The molecular weight excluding hydrogens is 242 g/mol. The van der Waals surface area contributed by atoms with Gasteiger partial charge in [0.1, 0.15) is 6.33 Å². The van der Waals surface area contributed by atoms with Crippen LogP contribution >= 0.6 is 0 Å². The third kappa shape index (κ3) is 3.37. The second kappa shape index (κ2) is 6.08. The van der Waals surface area contributed by atoms with Crippen molar-refractivity contribution in [1.82, 2.24) is 19.7 Å². The number of nitrogens with one attached hydrogen (secondary N) is 1. The third-order valence-corrected chi connectivity index (χ3v) is 2.94. The molecule has 0 aliphatic rings. The molecule has 100 valence electrons. The van der Waals surface area contributed by atoms with Gasteiger partial charge in [0.25, 0.3) is 0 Å². The number of aromatic nitrogens is 4. The lowest BCUT2D eigenvalue weighted by atomic mass is 10.1. The molecule has 6 nitrogen and oxygen atoms in total. The summed E-state index contributed by atoms with van der Waals surface area (Å²) in [4.78, 5) is 19.9. The average Bonchev–Trinajstić information content (AvgIpc) is 2.87. The van der Waals surface area contributed by atoms with Crippen molar-refractivity contribution in [2.24, 2.45) is 5.92 Å². The number of nitrogens with zero attached hydrogens (tertiary/aromatic N) is 4. The fourth-order valence-corrected chi connectivity index (χ4v) is 1.64. The van der Waals surface area contributed by atoms with E-state index in [0.29, 0.717) is 18.3 Å². The van der Waals surface area contributed by atoms with Crippen molar-refractivity contribution >= 4 is 11.9 Å². The van der Waals surface area contributed by atoms with Gasteiger partial charge in [0.2, 0.25) is 11.9 Å². The minimum atomic E-state index is -0.0438. The molecule has 0 radical (unpaired) electrons. The molecule has 0 bridgehead atoms. The predicted octanol–water partition coefficient (Wildman–Crippen LogP) is 2.04. The van der Waals surface area contributed by atoms with Crippen LogP contribution in [0.5, 0.6) is 0 Å². The first-order valence-electron chi connectivity index (χ1n) is 6.31. The molecule has 0 fully saturated rings. The molecule has 1 unspecified atom stereocenters. The average molecular weight is 259 g/mol. The zero-order valence-corrected chi connectivity index (χ0v) is 11.1. The highest BCUT2D eigenvalue weighted by molar-refractivity contribution is 5.89. The van der Waals surface area contributed by atoms with E-state index in [1.807, 2.05) is 6.92 Å². The second-order valence-corrected chi connectivity index (χ2v) is 4.47. The summed E-state index contributed by atoms with van der Waals surface area (Å²) in [6.07, 6.45) is 6.22. The number of rotatable bonds is 5. The molecule has 2 heterocycles. The fourth-order valence-electron chi connectivity index (χ4n) is 1.64. The second-order valence-electron chi connectivity index (χ2n) is 4.47. The number of anilines is 1. The molecule has 0 spiro atoms. The maximum absolute atomic E-state index is 11.9. The van der Waals surface area contributed by atoms with Crippen LogP contribution in [0.1, 0.15) is 26.7 Å². The molecule has 1 atom stereocenters. The lowest BCUT2D eigenvalue weighted by Gasteiger charge is -2.09. The van der Waals surface area contributed by atoms with Gasteiger partial charge in [-0.25, -0.2) is 0 Å². The van der Waals surface area contributed by atoms with E-state index < -0.39 is 0 Å². The van der Waals surface area contributed by atoms with Crippen LogP contribution in [0.4, 0.5) is 5.95 Å². The van der Waals surface area contributed by atoms with Crippen molar-refractivity contribution in [2.75, 3.05) is 5.32 Å². The standard InChI is InChI=1S/C13H17N5O/c1-3-10(2)8-12(19)17-13-15-9-16-18(13)11-4-6-14-7-5-11/h4-7,9-10H,3,8H2,1-2H3,(H,15,16,17,19). The van der Waals surface area contributed by atoms with E-state index in [4.69, 9.17) is 0 Å². The summed E-state index contributed by atoms with van der Waals surface area (Å²) in [7, 11) is 0. The summed E-state index contributed by atoms with van der Waals surface area (Å²) < 4.78 is 1.58. The SMILES string of the molecule is CCC(C)CC(=O)Nc1ncnn1-c1ccncc1. The van der Waals surface area contributed by atoms with Gasteiger partial charge in [0, 0.05) is 18.8 Å². The summed E-state index contributed by atoms with van der Waals surface area (Å²) in [5.74, 6) is 0.745. The van der Waals surface area contributed by atoms with E-state index in [1.165, 1.54) is 6.33 Å². The number of hydrogen-bond donors (Lipinski definition) is 1. The van der Waals surface area contributed by atoms with Gasteiger partial charge in [0.15, 0.2) is 0 Å². The molecule has 0 aromatic carbocycles. The van der Waals surface area contributed by atoms with Gasteiger partial charge in [-0.05, 0) is 18.1 Å². The summed E-state index contributed by atoms with van der Waals surface area (Å²) in [6, 6.07) is 3.61. The Kier molecular flexibility index (Phi) is 4.22. The Balaban J connectivity index is 2.10. The normalized spacial score (nSPS) is 12.1.